The van der Waals surface area contributed by atoms with Gasteiger partial charge in [0.15, 0.2) is 12.3 Å². The maximum Gasteiger partial charge on any atom is 0.333 e. The first-order valence-corrected chi connectivity index (χ1v) is 4.76. The third-order valence-electron chi connectivity index (χ3n) is 1.52. The monoisotopic (exact) mass is 219 g/mol. The largest absolute Gasteiger partial charge is 0.464 e. The highest BCUT2D eigenvalue weighted by Gasteiger charge is 2.29. The Hall–Kier alpha value is -1.14. The van der Waals surface area contributed by atoms with Crippen molar-refractivity contribution >= 4 is 11.9 Å². The zero-order chi connectivity index (χ0) is 11.8. The number of aliphatic hydroxyl groups excluding tert-OH is 1. The Kier molecular flexibility index (Phi) is 6.64. The number of amides is 1. The Morgan fingerprint density at radius 3 is 2.33 bits per heavy atom. The maximum atomic E-state index is 11.3. The molecular formula is C9H17NO5. The van der Waals surface area contributed by atoms with Gasteiger partial charge in [0, 0.05) is 13.5 Å². The van der Waals surface area contributed by atoms with E-state index < -0.39 is 24.2 Å². The Morgan fingerprint density at radius 1 is 1.33 bits per heavy atom. The van der Waals surface area contributed by atoms with Gasteiger partial charge in [-0.3, -0.25) is 4.79 Å². The van der Waals surface area contributed by atoms with Crippen LogP contribution in [0.15, 0.2) is 0 Å². The number of hydrogen-bond acceptors (Lipinski definition) is 5. The van der Waals surface area contributed by atoms with Gasteiger partial charge in [-0.05, 0) is 13.8 Å². The molecule has 15 heavy (non-hydrogen) atoms. The van der Waals surface area contributed by atoms with Crippen LogP contribution in [0, 0.1) is 0 Å². The fourth-order valence-corrected chi connectivity index (χ4v) is 0.965. The lowest BCUT2D eigenvalue weighted by Gasteiger charge is -2.21. The molecule has 0 bridgehead atoms. The minimum Gasteiger partial charge on any atom is -0.464 e. The summed E-state index contributed by atoms with van der Waals surface area (Å²) < 4.78 is 9.49. The number of carbonyl (C=O) groups excluding carboxylic acids is 2. The van der Waals surface area contributed by atoms with Gasteiger partial charge in [-0.2, -0.15) is 0 Å². The lowest BCUT2D eigenvalue weighted by atomic mass is 10.3. The molecule has 0 rings (SSSR count). The third kappa shape index (κ3) is 5.34. The molecule has 6 nitrogen and oxygen atoms in total. The summed E-state index contributed by atoms with van der Waals surface area (Å²) in [5.74, 6) is -1.15. The van der Waals surface area contributed by atoms with Crippen molar-refractivity contribution in [2.75, 3.05) is 13.2 Å². The van der Waals surface area contributed by atoms with Crippen molar-refractivity contribution in [1.82, 2.24) is 5.32 Å². The second-order valence-electron chi connectivity index (χ2n) is 2.78. The van der Waals surface area contributed by atoms with Crippen molar-refractivity contribution in [3.8, 4) is 0 Å². The molecule has 0 aliphatic carbocycles. The molecule has 0 spiro atoms. The first-order valence-electron chi connectivity index (χ1n) is 4.76. The van der Waals surface area contributed by atoms with Crippen LogP contribution in [0.2, 0.25) is 0 Å². The van der Waals surface area contributed by atoms with Gasteiger partial charge < -0.3 is 19.9 Å². The van der Waals surface area contributed by atoms with Crippen molar-refractivity contribution in [1.29, 1.82) is 0 Å². The van der Waals surface area contributed by atoms with Gasteiger partial charge in [0.05, 0.1) is 6.61 Å². The van der Waals surface area contributed by atoms with E-state index in [0.717, 1.165) is 0 Å². The number of carbonyl (C=O) groups is 2. The summed E-state index contributed by atoms with van der Waals surface area (Å²) in [6.45, 7) is 4.95. The molecule has 0 aliphatic heterocycles. The van der Waals surface area contributed by atoms with Gasteiger partial charge >= 0.3 is 5.97 Å². The molecule has 2 atom stereocenters. The van der Waals surface area contributed by atoms with E-state index in [2.05, 4.69) is 10.1 Å². The maximum absolute atomic E-state index is 11.3. The van der Waals surface area contributed by atoms with E-state index >= 15 is 0 Å². The van der Waals surface area contributed by atoms with Gasteiger partial charge in [0.1, 0.15) is 0 Å². The molecule has 6 heteroatoms. The minimum absolute atomic E-state index is 0.174. The van der Waals surface area contributed by atoms with Crippen LogP contribution in [0.25, 0.3) is 0 Å². The highest BCUT2D eigenvalue weighted by Crippen LogP contribution is 1.99. The Labute approximate surface area is 88.6 Å². The SMILES string of the molecule is CCOC(=O)C(NC(C)=O)C(O)OCC. The summed E-state index contributed by atoms with van der Waals surface area (Å²) in [7, 11) is 0. The first-order chi connectivity index (χ1) is 7.02. The van der Waals surface area contributed by atoms with E-state index in [1.165, 1.54) is 6.92 Å². The fraction of sp³-hybridized carbons (Fsp3) is 0.778. The van der Waals surface area contributed by atoms with E-state index in [0.29, 0.717) is 0 Å². The molecule has 1 amide bonds. The quantitative estimate of drug-likeness (QED) is 0.460. The molecule has 0 saturated carbocycles. The minimum atomic E-state index is -1.39. The molecule has 2 unspecified atom stereocenters. The van der Waals surface area contributed by atoms with Gasteiger partial charge in [-0.1, -0.05) is 0 Å². The zero-order valence-corrected chi connectivity index (χ0v) is 9.15. The summed E-state index contributed by atoms with van der Waals surface area (Å²) in [5, 5.41) is 11.7. The van der Waals surface area contributed by atoms with Crippen LogP contribution in [0.5, 0.6) is 0 Å². The van der Waals surface area contributed by atoms with Crippen LogP contribution in [0.4, 0.5) is 0 Å². The topological polar surface area (TPSA) is 84.9 Å². The number of aliphatic hydroxyl groups is 1. The Balaban J connectivity index is 4.41. The van der Waals surface area contributed by atoms with E-state index in [1.54, 1.807) is 13.8 Å². The van der Waals surface area contributed by atoms with E-state index in [1.807, 2.05) is 0 Å². The van der Waals surface area contributed by atoms with Crippen molar-refractivity contribution in [2.45, 2.75) is 33.1 Å². The molecular weight excluding hydrogens is 202 g/mol. The van der Waals surface area contributed by atoms with Crippen LogP contribution in [-0.2, 0) is 19.1 Å². The summed E-state index contributed by atoms with van der Waals surface area (Å²) in [4.78, 5) is 22.1. The number of ether oxygens (including phenoxy) is 2. The van der Waals surface area contributed by atoms with E-state index in [-0.39, 0.29) is 13.2 Å². The van der Waals surface area contributed by atoms with Crippen LogP contribution >= 0.6 is 0 Å². The van der Waals surface area contributed by atoms with Crippen LogP contribution < -0.4 is 5.32 Å². The van der Waals surface area contributed by atoms with Crippen molar-refractivity contribution in [3.05, 3.63) is 0 Å². The van der Waals surface area contributed by atoms with Crippen molar-refractivity contribution in [2.24, 2.45) is 0 Å². The van der Waals surface area contributed by atoms with Gasteiger partial charge in [-0.25, -0.2) is 4.79 Å². The van der Waals surface area contributed by atoms with E-state index in [4.69, 9.17) is 4.74 Å². The molecule has 0 radical (unpaired) electrons. The van der Waals surface area contributed by atoms with Gasteiger partial charge in [0.2, 0.25) is 5.91 Å². The van der Waals surface area contributed by atoms with Crippen LogP contribution in [-0.4, -0.2) is 42.5 Å². The highest BCUT2D eigenvalue weighted by atomic mass is 16.6. The molecule has 0 fully saturated rings. The number of esters is 1. The lowest BCUT2D eigenvalue weighted by molar-refractivity contribution is -0.167. The summed E-state index contributed by atoms with van der Waals surface area (Å²) in [6, 6.07) is -1.18. The number of nitrogens with one attached hydrogen (secondary N) is 1. The predicted octanol–water partition coefficient (Wildman–Crippen LogP) is -0.591. The van der Waals surface area contributed by atoms with Crippen molar-refractivity contribution < 1.29 is 24.2 Å². The second kappa shape index (κ2) is 7.19. The van der Waals surface area contributed by atoms with Gasteiger partial charge in [0.25, 0.3) is 0 Å². The second-order valence-corrected chi connectivity index (χ2v) is 2.78. The van der Waals surface area contributed by atoms with Crippen molar-refractivity contribution in [3.63, 3.8) is 0 Å². The lowest BCUT2D eigenvalue weighted by Crippen LogP contribution is -2.49. The third-order valence-corrected chi connectivity index (χ3v) is 1.52. The van der Waals surface area contributed by atoms with Crippen LogP contribution in [0.1, 0.15) is 20.8 Å². The molecule has 0 saturated heterocycles. The molecule has 0 heterocycles. The average molecular weight is 219 g/mol. The van der Waals surface area contributed by atoms with E-state index in [9.17, 15) is 14.7 Å². The normalized spacial score (nSPS) is 14.1. The Morgan fingerprint density at radius 2 is 1.93 bits per heavy atom. The highest BCUT2D eigenvalue weighted by molar-refractivity contribution is 5.83. The standard InChI is InChI=1S/C9H17NO5/c1-4-14-8(12)7(10-6(3)11)9(13)15-5-2/h7-8,12H,4-5H2,1-3H3,(H,10,11). The summed E-state index contributed by atoms with van der Waals surface area (Å²) >= 11 is 0. The predicted molar refractivity (Wildman–Crippen MR) is 51.9 cm³/mol. The first kappa shape index (κ1) is 13.9. The number of hydrogen-bond donors (Lipinski definition) is 2. The molecule has 2 N–H and O–H groups in total. The molecule has 0 aromatic heterocycles. The smallest absolute Gasteiger partial charge is 0.333 e. The van der Waals surface area contributed by atoms with Crippen LogP contribution in [0.3, 0.4) is 0 Å². The summed E-state index contributed by atoms with van der Waals surface area (Å²) in [5.41, 5.74) is 0. The molecule has 0 aromatic rings. The van der Waals surface area contributed by atoms with Gasteiger partial charge in [-0.15, -0.1) is 0 Å². The molecule has 0 aliphatic rings. The Bertz CT molecular complexity index is 219. The number of rotatable bonds is 6. The molecule has 88 valence electrons. The fourth-order valence-electron chi connectivity index (χ4n) is 0.965. The average Bonchev–Trinajstić information content (AvgIpc) is 2.14. The zero-order valence-electron chi connectivity index (χ0n) is 9.15. The summed E-state index contributed by atoms with van der Waals surface area (Å²) in [6.07, 6.45) is -1.39. The molecule has 0 aromatic carbocycles.